The molecular formula is C10H12F2N2O2. The van der Waals surface area contributed by atoms with Crippen LogP contribution in [0.3, 0.4) is 0 Å². The monoisotopic (exact) mass is 230 g/mol. The van der Waals surface area contributed by atoms with Crippen LogP contribution in [0.1, 0.15) is 0 Å². The Balaban J connectivity index is 2.66. The van der Waals surface area contributed by atoms with Gasteiger partial charge >= 0.3 is 0 Å². The van der Waals surface area contributed by atoms with E-state index in [9.17, 15) is 13.6 Å². The quantitative estimate of drug-likeness (QED) is 0.806. The van der Waals surface area contributed by atoms with Crippen LogP contribution in [0.15, 0.2) is 18.2 Å². The van der Waals surface area contributed by atoms with Gasteiger partial charge in [0.1, 0.15) is 6.04 Å². The van der Waals surface area contributed by atoms with Crippen molar-refractivity contribution in [3.8, 4) is 0 Å². The number of carbonyl (C=O) groups excluding carboxylic acids is 1. The van der Waals surface area contributed by atoms with Gasteiger partial charge in [-0.1, -0.05) is 0 Å². The second-order valence-corrected chi connectivity index (χ2v) is 3.18. The number of carbonyl (C=O) groups is 1. The molecule has 1 unspecified atom stereocenters. The molecule has 1 aromatic rings. The van der Waals surface area contributed by atoms with Crippen molar-refractivity contribution in [1.82, 2.24) is 0 Å². The van der Waals surface area contributed by atoms with Crippen molar-refractivity contribution in [2.24, 2.45) is 5.73 Å². The second kappa shape index (κ2) is 5.53. The summed E-state index contributed by atoms with van der Waals surface area (Å²) in [5, 5.41) is 2.34. The zero-order chi connectivity index (χ0) is 12.1. The van der Waals surface area contributed by atoms with Crippen molar-refractivity contribution in [3.05, 3.63) is 29.8 Å². The fourth-order valence-electron chi connectivity index (χ4n) is 1.06. The molecule has 1 amide bonds. The lowest BCUT2D eigenvalue weighted by Gasteiger charge is -2.11. The van der Waals surface area contributed by atoms with Gasteiger partial charge in [-0.3, -0.25) is 4.79 Å². The second-order valence-electron chi connectivity index (χ2n) is 3.18. The van der Waals surface area contributed by atoms with Gasteiger partial charge < -0.3 is 15.8 Å². The van der Waals surface area contributed by atoms with E-state index in [0.717, 1.165) is 12.1 Å². The first-order chi connectivity index (χ1) is 7.54. The van der Waals surface area contributed by atoms with Crippen LogP contribution in [0.25, 0.3) is 0 Å². The van der Waals surface area contributed by atoms with Crippen LogP contribution in [0.4, 0.5) is 14.5 Å². The summed E-state index contributed by atoms with van der Waals surface area (Å²) >= 11 is 0. The summed E-state index contributed by atoms with van der Waals surface area (Å²) in [6.07, 6.45) is 0. The Morgan fingerprint density at radius 2 is 2.19 bits per heavy atom. The smallest absolute Gasteiger partial charge is 0.243 e. The van der Waals surface area contributed by atoms with E-state index < -0.39 is 23.6 Å². The van der Waals surface area contributed by atoms with E-state index in [4.69, 9.17) is 5.73 Å². The van der Waals surface area contributed by atoms with Gasteiger partial charge in [0.15, 0.2) is 11.6 Å². The SMILES string of the molecule is COCC(N)C(=O)Nc1ccc(F)c(F)c1. The van der Waals surface area contributed by atoms with Crippen LogP contribution in [-0.2, 0) is 9.53 Å². The fraction of sp³-hybridized carbons (Fsp3) is 0.300. The van der Waals surface area contributed by atoms with Crippen LogP contribution < -0.4 is 11.1 Å². The molecule has 0 heterocycles. The Morgan fingerprint density at radius 3 is 2.75 bits per heavy atom. The van der Waals surface area contributed by atoms with E-state index >= 15 is 0 Å². The minimum atomic E-state index is -1.03. The number of ether oxygens (including phenoxy) is 1. The third-order valence-corrected chi connectivity index (χ3v) is 1.87. The molecular weight excluding hydrogens is 218 g/mol. The Kier molecular flexibility index (Phi) is 4.33. The maximum absolute atomic E-state index is 12.8. The molecule has 0 fully saturated rings. The van der Waals surface area contributed by atoms with Gasteiger partial charge in [0.05, 0.1) is 6.61 Å². The molecule has 3 N–H and O–H groups in total. The summed E-state index contributed by atoms with van der Waals surface area (Å²) in [5.74, 6) is -2.52. The Labute approximate surface area is 91.4 Å². The van der Waals surface area contributed by atoms with Crippen LogP contribution in [0, 0.1) is 11.6 Å². The number of methoxy groups -OCH3 is 1. The first-order valence-corrected chi connectivity index (χ1v) is 4.55. The average Bonchev–Trinajstić information content (AvgIpc) is 2.24. The third-order valence-electron chi connectivity index (χ3n) is 1.87. The first-order valence-electron chi connectivity index (χ1n) is 4.55. The summed E-state index contributed by atoms with van der Waals surface area (Å²) in [6, 6.07) is 2.20. The molecule has 0 aliphatic rings. The fourth-order valence-corrected chi connectivity index (χ4v) is 1.06. The molecule has 1 atom stereocenters. The zero-order valence-electron chi connectivity index (χ0n) is 8.67. The number of rotatable bonds is 4. The molecule has 16 heavy (non-hydrogen) atoms. The predicted octanol–water partition coefficient (Wildman–Crippen LogP) is 0.877. The molecule has 0 spiro atoms. The highest BCUT2D eigenvalue weighted by molar-refractivity contribution is 5.94. The number of nitrogens with two attached hydrogens (primary N) is 1. The van der Waals surface area contributed by atoms with Crippen LogP contribution in [0.5, 0.6) is 0 Å². The summed E-state index contributed by atoms with van der Waals surface area (Å²) < 4.78 is 30.1. The minimum absolute atomic E-state index is 0.0511. The van der Waals surface area contributed by atoms with Crippen molar-refractivity contribution in [3.63, 3.8) is 0 Å². The lowest BCUT2D eigenvalue weighted by atomic mass is 10.2. The predicted molar refractivity (Wildman–Crippen MR) is 54.8 cm³/mol. The molecule has 0 saturated heterocycles. The van der Waals surface area contributed by atoms with Crippen LogP contribution in [0.2, 0.25) is 0 Å². The van der Waals surface area contributed by atoms with Crippen molar-refractivity contribution in [2.75, 3.05) is 19.0 Å². The number of hydrogen-bond acceptors (Lipinski definition) is 3. The lowest BCUT2D eigenvalue weighted by Crippen LogP contribution is -2.39. The van der Waals surface area contributed by atoms with Crippen LogP contribution in [-0.4, -0.2) is 25.7 Å². The van der Waals surface area contributed by atoms with Crippen molar-refractivity contribution >= 4 is 11.6 Å². The van der Waals surface area contributed by atoms with E-state index in [0.29, 0.717) is 0 Å². The van der Waals surface area contributed by atoms with Gasteiger partial charge in [-0.15, -0.1) is 0 Å². The zero-order valence-corrected chi connectivity index (χ0v) is 8.67. The number of anilines is 1. The summed E-state index contributed by atoms with van der Waals surface area (Å²) in [7, 11) is 1.41. The summed E-state index contributed by atoms with van der Waals surface area (Å²) in [4.78, 5) is 11.4. The molecule has 0 saturated carbocycles. The van der Waals surface area contributed by atoms with Gasteiger partial charge in [-0.25, -0.2) is 8.78 Å². The molecule has 4 nitrogen and oxygen atoms in total. The Bertz CT molecular complexity index is 385. The van der Waals surface area contributed by atoms with E-state index in [2.05, 4.69) is 10.1 Å². The first kappa shape index (κ1) is 12.5. The molecule has 1 rings (SSSR count). The van der Waals surface area contributed by atoms with E-state index in [-0.39, 0.29) is 12.3 Å². The number of amides is 1. The van der Waals surface area contributed by atoms with E-state index in [1.54, 1.807) is 0 Å². The summed E-state index contributed by atoms with van der Waals surface area (Å²) in [5.41, 5.74) is 5.59. The number of benzene rings is 1. The number of hydrogen-bond donors (Lipinski definition) is 2. The molecule has 6 heteroatoms. The summed E-state index contributed by atoms with van der Waals surface area (Å²) in [6.45, 7) is 0.0511. The largest absolute Gasteiger partial charge is 0.383 e. The topological polar surface area (TPSA) is 64.3 Å². The highest BCUT2D eigenvalue weighted by atomic mass is 19.2. The average molecular weight is 230 g/mol. The van der Waals surface area contributed by atoms with Gasteiger partial charge in [-0.05, 0) is 12.1 Å². The molecule has 0 radical (unpaired) electrons. The van der Waals surface area contributed by atoms with E-state index in [1.807, 2.05) is 0 Å². The van der Waals surface area contributed by atoms with Crippen LogP contribution >= 0.6 is 0 Å². The number of halogens is 2. The minimum Gasteiger partial charge on any atom is -0.383 e. The van der Waals surface area contributed by atoms with Gasteiger partial charge in [0.25, 0.3) is 0 Å². The molecule has 88 valence electrons. The van der Waals surface area contributed by atoms with Crippen molar-refractivity contribution < 1.29 is 18.3 Å². The molecule has 0 aliphatic carbocycles. The van der Waals surface area contributed by atoms with Gasteiger partial charge in [0.2, 0.25) is 5.91 Å². The normalized spacial score (nSPS) is 12.2. The Hall–Kier alpha value is -1.53. The Morgan fingerprint density at radius 1 is 1.50 bits per heavy atom. The number of nitrogens with one attached hydrogen (secondary N) is 1. The molecule has 1 aromatic carbocycles. The maximum atomic E-state index is 12.8. The molecule has 0 bridgehead atoms. The highest BCUT2D eigenvalue weighted by Crippen LogP contribution is 2.13. The van der Waals surface area contributed by atoms with Gasteiger partial charge in [-0.2, -0.15) is 0 Å². The molecule has 0 aliphatic heterocycles. The lowest BCUT2D eigenvalue weighted by molar-refractivity contribution is -0.118. The third kappa shape index (κ3) is 3.25. The van der Waals surface area contributed by atoms with E-state index in [1.165, 1.54) is 13.2 Å². The molecule has 0 aromatic heterocycles. The maximum Gasteiger partial charge on any atom is 0.243 e. The standard InChI is InChI=1S/C10H12F2N2O2/c1-16-5-9(13)10(15)14-6-2-3-7(11)8(12)4-6/h2-4,9H,5,13H2,1H3,(H,14,15). The van der Waals surface area contributed by atoms with Gasteiger partial charge in [0, 0.05) is 18.9 Å². The van der Waals surface area contributed by atoms with Crippen molar-refractivity contribution in [2.45, 2.75) is 6.04 Å². The van der Waals surface area contributed by atoms with Crippen molar-refractivity contribution in [1.29, 1.82) is 0 Å². The highest BCUT2D eigenvalue weighted by Gasteiger charge is 2.13.